The fourth-order valence-electron chi connectivity index (χ4n) is 1.82. The van der Waals surface area contributed by atoms with Crippen LogP contribution in [0.25, 0.3) is 0 Å². The van der Waals surface area contributed by atoms with Gasteiger partial charge in [0.25, 0.3) is 0 Å². The van der Waals surface area contributed by atoms with Crippen molar-refractivity contribution in [2.75, 3.05) is 18.8 Å². The first-order valence-corrected chi connectivity index (χ1v) is 6.64. The molecule has 17 heavy (non-hydrogen) atoms. The second kappa shape index (κ2) is 4.70. The molecule has 1 heterocycles. The van der Waals surface area contributed by atoms with E-state index >= 15 is 0 Å². The molecule has 0 unspecified atom stereocenters. The summed E-state index contributed by atoms with van der Waals surface area (Å²) in [6.07, 6.45) is 0. The van der Waals surface area contributed by atoms with E-state index in [1.165, 1.54) is 5.56 Å². The number of hydrogen-bond donors (Lipinski definition) is 1. The molecule has 0 atom stereocenters. The molecule has 0 radical (unpaired) electrons. The van der Waals surface area contributed by atoms with E-state index in [0.717, 1.165) is 4.90 Å². The Morgan fingerprint density at radius 2 is 2.00 bits per heavy atom. The van der Waals surface area contributed by atoms with Gasteiger partial charge in [0, 0.05) is 4.90 Å². The maximum absolute atomic E-state index is 11.7. The molecule has 3 nitrogen and oxygen atoms in total. The Labute approximate surface area is 106 Å². The molecule has 1 saturated heterocycles. The molecule has 0 spiro atoms. The average Bonchev–Trinajstić information content (AvgIpc) is 2.24. The maximum Gasteiger partial charge on any atom is 0.233 e. The van der Waals surface area contributed by atoms with Crippen LogP contribution in [0.5, 0.6) is 0 Å². The van der Waals surface area contributed by atoms with Crippen LogP contribution in [0, 0.1) is 6.92 Å². The molecule has 0 aromatic heterocycles. The predicted octanol–water partition coefficient (Wildman–Crippen LogP) is 1.68. The quantitative estimate of drug-likeness (QED) is 0.831. The van der Waals surface area contributed by atoms with E-state index in [0.29, 0.717) is 18.8 Å². The van der Waals surface area contributed by atoms with Gasteiger partial charge in [0.2, 0.25) is 5.91 Å². The van der Waals surface area contributed by atoms with Gasteiger partial charge in [0.15, 0.2) is 0 Å². The third-order valence-corrected chi connectivity index (χ3v) is 3.80. The molecule has 92 valence electrons. The molecule has 1 aliphatic heterocycles. The van der Waals surface area contributed by atoms with Gasteiger partial charge in [-0.2, -0.15) is 0 Å². The van der Waals surface area contributed by atoms with E-state index in [4.69, 9.17) is 0 Å². The Hall–Kier alpha value is -1.00. The van der Waals surface area contributed by atoms with Crippen LogP contribution in [-0.4, -0.2) is 40.4 Å². The third-order valence-electron chi connectivity index (χ3n) is 2.80. The molecular formula is C13H17NO2S. The number of likely N-dealkylation sites (tertiary alicyclic amines) is 1. The van der Waals surface area contributed by atoms with Gasteiger partial charge in [-0.25, -0.2) is 0 Å². The van der Waals surface area contributed by atoms with Crippen molar-refractivity contribution in [2.24, 2.45) is 0 Å². The Kier molecular flexibility index (Phi) is 3.45. The van der Waals surface area contributed by atoms with E-state index < -0.39 is 5.60 Å². The molecular weight excluding hydrogens is 234 g/mol. The van der Waals surface area contributed by atoms with Crippen molar-refractivity contribution in [2.45, 2.75) is 24.3 Å². The van der Waals surface area contributed by atoms with Crippen LogP contribution >= 0.6 is 11.8 Å². The fraction of sp³-hybridized carbons (Fsp3) is 0.462. The molecule has 1 amide bonds. The van der Waals surface area contributed by atoms with Crippen molar-refractivity contribution in [3.05, 3.63) is 29.8 Å². The lowest BCUT2D eigenvalue weighted by atomic mass is 9.97. The monoisotopic (exact) mass is 251 g/mol. The topological polar surface area (TPSA) is 40.5 Å². The van der Waals surface area contributed by atoms with Gasteiger partial charge in [-0.1, -0.05) is 17.7 Å². The highest BCUT2D eigenvalue weighted by Crippen LogP contribution is 2.23. The van der Waals surface area contributed by atoms with Gasteiger partial charge in [0.05, 0.1) is 24.4 Å². The first-order chi connectivity index (χ1) is 7.96. The Balaban J connectivity index is 1.79. The van der Waals surface area contributed by atoms with Crippen molar-refractivity contribution in [1.29, 1.82) is 0 Å². The minimum Gasteiger partial charge on any atom is -0.386 e. The largest absolute Gasteiger partial charge is 0.386 e. The summed E-state index contributed by atoms with van der Waals surface area (Å²) < 4.78 is 0. The molecule has 0 saturated carbocycles. The van der Waals surface area contributed by atoms with E-state index in [2.05, 4.69) is 0 Å². The predicted molar refractivity (Wildman–Crippen MR) is 69.1 cm³/mol. The van der Waals surface area contributed by atoms with Gasteiger partial charge < -0.3 is 10.0 Å². The van der Waals surface area contributed by atoms with Gasteiger partial charge in [-0.15, -0.1) is 11.8 Å². The zero-order valence-electron chi connectivity index (χ0n) is 10.1. The number of rotatable bonds is 3. The molecule has 4 heteroatoms. The van der Waals surface area contributed by atoms with E-state index in [-0.39, 0.29) is 5.91 Å². The highest BCUT2D eigenvalue weighted by molar-refractivity contribution is 8.00. The normalized spacial score (nSPS) is 17.7. The molecule has 1 aliphatic rings. The van der Waals surface area contributed by atoms with Crippen LogP contribution < -0.4 is 0 Å². The van der Waals surface area contributed by atoms with Crippen LogP contribution in [-0.2, 0) is 4.79 Å². The summed E-state index contributed by atoms with van der Waals surface area (Å²) in [6, 6.07) is 8.14. The fourth-order valence-corrected chi connectivity index (χ4v) is 2.62. The number of aryl methyl sites for hydroxylation is 1. The number of aliphatic hydroxyl groups is 1. The summed E-state index contributed by atoms with van der Waals surface area (Å²) in [6.45, 7) is 4.71. The zero-order chi connectivity index (χ0) is 12.5. The van der Waals surface area contributed by atoms with Crippen molar-refractivity contribution in [3.63, 3.8) is 0 Å². The summed E-state index contributed by atoms with van der Waals surface area (Å²) in [5.74, 6) is 0.543. The van der Waals surface area contributed by atoms with Crippen LogP contribution in [0.15, 0.2) is 29.2 Å². The van der Waals surface area contributed by atoms with E-state index in [1.54, 1.807) is 23.6 Å². The van der Waals surface area contributed by atoms with Crippen molar-refractivity contribution in [1.82, 2.24) is 4.90 Å². The van der Waals surface area contributed by atoms with Crippen LogP contribution in [0.4, 0.5) is 0 Å². The molecule has 0 bridgehead atoms. The summed E-state index contributed by atoms with van der Waals surface area (Å²) in [7, 11) is 0. The number of nitrogens with zero attached hydrogens (tertiary/aromatic N) is 1. The Morgan fingerprint density at radius 3 is 2.53 bits per heavy atom. The number of β-amino-alcohol motifs (C(OH)–C–C–N with tert-alkyl or cyclic N) is 1. The molecule has 1 aromatic rings. The second-order valence-corrected chi connectivity index (χ2v) is 5.90. The summed E-state index contributed by atoms with van der Waals surface area (Å²) in [4.78, 5) is 14.6. The number of hydrogen-bond acceptors (Lipinski definition) is 3. The summed E-state index contributed by atoms with van der Waals surface area (Å²) in [5, 5.41) is 9.55. The lowest BCUT2D eigenvalue weighted by Gasteiger charge is -2.44. The zero-order valence-corrected chi connectivity index (χ0v) is 11.0. The lowest BCUT2D eigenvalue weighted by Crippen LogP contribution is -2.62. The van der Waals surface area contributed by atoms with Crippen molar-refractivity contribution in [3.8, 4) is 0 Å². The number of carbonyl (C=O) groups is 1. The van der Waals surface area contributed by atoms with Crippen molar-refractivity contribution >= 4 is 17.7 Å². The van der Waals surface area contributed by atoms with Gasteiger partial charge >= 0.3 is 0 Å². The van der Waals surface area contributed by atoms with Crippen molar-refractivity contribution < 1.29 is 9.90 Å². The first kappa shape index (κ1) is 12.5. The molecule has 1 aromatic carbocycles. The van der Waals surface area contributed by atoms with E-state index in [9.17, 15) is 9.90 Å². The lowest BCUT2D eigenvalue weighted by molar-refractivity contribution is -0.149. The number of benzene rings is 1. The Bertz CT molecular complexity index is 406. The minimum absolute atomic E-state index is 0.0992. The van der Waals surface area contributed by atoms with Crippen LogP contribution in [0.3, 0.4) is 0 Å². The summed E-state index contributed by atoms with van der Waals surface area (Å²) in [5.41, 5.74) is 0.545. The molecule has 2 rings (SSSR count). The van der Waals surface area contributed by atoms with Crippen LogP contribution in [0.2, 0.25) is 0 Å². The van der Waals surface area contributed by atoms with E-state index in [1.807, 2.05) is 31.2 Å². The minimum atomic E-state index is -0.676. The number of amides is 1. The number of thioether (sulfide) groups is 1. The Morgan fingerprint density at radius 1 is 1.41 bits per heavy atom. The van der Waals surface area contributed by atoms with Crippen LogP contribution in [0.1, 0.15) is 12.5 Å². The SMILES string of the molecule is Cc1ccc(SCC(=O)N2CC(C)(O)C2)cc1. The van der Waals surface area contributed by atoms with Gasteiger partial charge in [0.1, 0.15) is 0 Å². The van der Waals surface area contributed by atoms with Gasteiger partial charge in [-0.05, 0) is 26.0 Å². The smallest absolute Gasteiger partial charge is 0.233 e. The molecule has 1 fully saturated rings. The summed E-state index contributed by atoms with van der Waals surface area (Å²) >= 11 is 1.54. The molecule has 0 aliphatic carbocycles. The highest BCUT2D eigenvalue weighted by Gasteiger charge is 2.38. The first-order valence-electron chi connectivity index (χ1n) is 5.66. The second-order valence-electron chi connectivity index (χ2n) is 4.85. The third kappa shape index (κ3) is 3.23. The van der Waals surface area contributed by atoms with Gasteiger partial charge in [-0.3, -0.25) is 4.79 Å². The average molecular weight is 251 g/mol. The number of carbonyl (C=O) groups excluding carboxylic acids is 1. The maximum atomic E-state index is 11.7. The standard InChI is InChI=1S/C13H17NO2S/c1-10-3-5-11(6-4-10)17-7-12(15)14-8-13(2,16)9-14/h3-6,16H,7-9H2,1-2H3. The molecule has 1 N–H and O–H groups in total. The highest BCUT2D eigenvalue weighted by atomic mass is 32.2.